The lowest BCUT2D eigenvalue weighted by Crippen LogP contribution is -2.57. The smallest absolute Gasteiger partial charge is 0.311 e. The van der Waals surface area contributed by atoms with Crippen molar-refractivity contribution in [1.29, 1.82) is 0 Å². The van der Waals surface area contributed by atoms with Gasteiger partial charge in [-0.25, -0.2) is 0 Å². The highest BCUT2D eigenvalue weighted by molar-refractivity contribution is 8.02. The third-order valence-corrected chi connectivity index (χ3v) is 10.4. The van der Waals surface area contributed by atoms with Crippen molar-refractivity contribution in [3.8, 4) is 0 Å². The van der Waals surface area contributed by atoms with Crippen LogP contribution < -0.4 is 4.90 Å². The number of hydrogen-bond acceptors (Lipinski definition) is 6. The third-order valence-electron chi connectivity index (χ3n) is 8.27. The highest BCUT2D eigenvalue weighted by Gasteiger charge is 2.76. The number of aliphatic hydroxyl groups is 1. The van der Waals surface area contributed by atoms with E-state index in [0.717, 1.165) is 22.9 Å². The zero-order chi connectivity index (χ0) is 27.0. The van der Waals surface area contributed by atoms with Crippen LogP contribution in [0.4, 0.5) is 5.69 Å². The average molecular weight is 535 g/mol. The van der Waals surface area contributed by atoms with Crippen LogP contribution in [0.1, 0.15) is 19.8 Å². The lowest BCUT2D eigenvalue weighted by atomic mass is 9.66. The maximum absolute atomic E-state index is 14.6. The van der Waals surface area contributed by atoms with Gasteiger partial charge in [-0.05, 0) is 41.7 Å². The number of nitrogens with zero attached hydrogens (tertiary/aromatic N) is 2. The summed E-state index contributed by atoms with van der Waals surface area (Å²) in [5.41, 5.74) is 0.732. The van der Waals surface area contributed by atoms with Gasteiger partial charge in [0.25, 0.3) is 5.91 Å². The van der Waals surface area contributed by atoms with Crippen molar-refractivity contribution in [2.45, 2.75) is 35.8 Å². The molecule has 2 aromatic carbocycles. The molecule has 6 atom stereocenters. The minimum absolute atomic E-state index is 0.0464. The first kappa shape index (κ1) is 26.5. The lowest BCUT2D eigenvalue weighted by molar-refractivity contribution is -0.153. The van der Waals surface area contributed by atoms with Gasteiger partial charge in [0.05, 0.1) is 16.6 Å². The summed E-state index contributed by atoms with van der Waals surface area (Å²) in [6.07, 6.45) is 4.29. The molecule has 3 saturated heterocycles. The van der Waals surface area contributed by atoms with Crippen LogP contribution in [0.5, 0.6) is 0 Å². The predicted octanol–water partition coefficient (Wildman–Crippen LogP) is 3.81. The number of thioether (sulfide) groups is 1. The molecule has 0 saturated carbocycles. The van der Waals surface area contributed by atoms with E-state index >= 15 is 0 Å². The molecule has 200 valence electrons. The first-order valence-electron chi connectivity index (χ1n) is 13.2. The first-order chi connectivity index (χ1) is 18.4. The maximum atomic E-state index is 14.6. The molecule has 5 rings (SSSR count). The minimum atomic E-state index is -0.764. The number of esters is 1. The van der Waals surface area contributed by atoms with Crippen molar-refractivity contribution in [2.75, 3.05) is 31.2 Å². The Hall–Kier alpha value is -3.10. The summed E-state index contributed by atoms with van der Waals surface area (Å²) in [7, 11) is 0. The van der Waals surface area contributed by atoms with E-state index in [-0.39, 0.29) is 49.3 Å². The zero-order valence-corrected chi connectivity index (χ0v) is 22.4. The minimum Gasteiger partial charge on any atom is -0.461 e. The van der Waals surface area contributed by atoms with E-state index in [0.29, 0.717) is 6.42 Å². The van der Waals surface area contributed by atoms with Gasteiger partial charge in [0.2, 0.25) is 5.91 Å². The summed E-state index contributed by atoms with van der Waals surface area (Å²) < 4.78 is 4.69. The van der Waals surface area contributed by atoms with E-state index in [2.05, 4.69) is 20.1 Å². The Morgan fingerprint density at radius 2 is 1.97 bits per heavy atom. The van der Waals surface area contributed by atoms with Crippen molar-refractivity contribution in [2.24, 2.45) is 17.8 Å². The van der Waals surface area contributed by atoms with Crippen LogP contribution in [0.15, 0.2) is 67.8 Å². The van der Waals surface area contributed by atoms with Crippen LogP contribution >= 0.6 is 11.8 Å². The highest BCUT2D eigenvalue weighted by atomic mass is 32.2. The summed E-state index contributed by atoms with van der Waals surface area (Å²) in [6.45, 7) is 10.1. The molecule has 7 nitrogen and oxygen atoms in total. The van der Waals surface area contributed by atoms with Crippen molar-refractivity contribution in [1.82, 2.24) is 4.90 Å². The Morgan fingerprint density at radius 3 is 2.68 bits per heavy atom. The van der Waals surface area contributed by atoms with Gasteiger partial charge in [-0.2, -0.15) is 0 Å². The number of hydrogen-bond donors (Lipinski definition) is 1. The zero-order valence-electron chi connectivity index (χ0n) is 21.6. The number of carbonyl (C=O) groups is 3. The van der Waals surface area contributed by atoms with Crippen LogP contribution in [0.2, 0.25) is 0 Å². The van der Waals surface area contributed by atoms with E-state index in [1.54, 1.807) is 27.6 Å². The number of ether oxygens (including phenoxy) is 1. The normalized spacial score (nSPS) is 29.4. The summed E-state index contributed by atoms with van der Waals surface area (Å²) in [5, 5.41) is 11.6. The van der Waals surface area contributed by atoms with Gasteiger partial charge in [-0.3, -0.25) is 14.4 Å². The third kappa shape index (κ3) is 4.05. The Kier molecular flexibility index (Phi) is 7.38. The molecule has 2 amide bonds. The van der Waals surface area contributed by atoms with Crippen molar-refractivity contribution in [3.05, 3.63) is 67.8 Å². The molecule has 3 unspecified atom stereocenters. The molecule has 1 spiro atoms. The van der Waals surface area contributed by atoms with Crippen LogP contribution in [0, 0.1) is 17.8 Å². The van der Waals surface area contributed by atoms with Crippen LogP contribution in [0.25, 0.3) is 10.8 Å². The number of likely N-dealkylation sites (tertiary alicyclic amines) is 1. The van der Waals surface area contributed by atoms with Gasteiger partial charge >= 0.3 is 5.97 Å². The molecule has 3 heterocycles. The summed E-state index contributed by atoms with van der Waals surface area (Å²) >= 11 is 1.61. The Bertz CT molecular complexity index is 1280. The SMILES string of the molecule is C=CCOC(=O)[C@@H]1[C@H]2C(=O)N(CCCO)C(C(=O)N(CC=C)c3ccc4ccccc4c3)C23S[C@@H]1CC3C. The highest BCUT2D eigenvalue weighted by Crippen LogP contribution is 2.68. The number of aliphatic hydroxyl groups excluding tert-OH is 1. The molecular formula is C30H34N2O5S. The largest absolute Gasteiger partial charge is 0.461 e. The molecular weight excluding hydrogens is 500 g/mol. The first-order valence-corrected chi connectivity index (χ1v) is 14.0. The molecule has 3 fully saturated rings. The number of carbonyl (C=O) groups excluding carboxylic acids is 3. The van der Waals surface area contributed by atoms with Gasteiger partial charge in [0.1, 0.15) is 12.6 Å². The van der Waals surface area contributed by atoms with Crippen molar-refractivity contribution < 1.29 is 24.2 Å². The molecule has 3 aliphatic rings. The number of amides is 2. The quantitative estimate of drug-likeness (QED) is 0.369. The van der Waals surface area contributed by atoms with E-state index in [1.165, 1.54) is 6.08 Å². The second kappa shape index (κ2) is 10.6. The fraction of sp³-hybridized carbons (Fsp3) is 0.433. The maximum Gasteiger partial charge on any atom is 0.311 e. The Balaban J connectivity index is 1.58. The Labute approximate surface area is 227 Å². The summed E-state index contributed by atoms with van der Waals surface area (Å²) in [4.78, 5) is 45.1. The van der Waals surface area contributed by atoms with Gasteiger partial charge < -0.3 is 19.6 Å². The monoisotopic (exact) mass is 534 g/mol. The van der Waals surface area contributed by atoms with E-state index in [9.17, 15) is 19.5 Å². The number of anilines is 1. The van der Waals surface area contributed by atoms with Crippen LogP contribution in [-0.4, -0.2) is 70.1 Å². The molecule has 0 aliphatic carbocycles. The average Bonchev–Trinajstić information content (AvgIpc) is 3.52. The second-order valence-corrected chi connectivity index (χ2v) is 11.9. The topological polar surface area (TPSA) is 87.1 Å². The Morgan fingerprint density at radius 1 is 1.21 bits per heavy atom. The number of benzene rings is 2. The molecule has 38 heavy (non-hydrogen) atoms. The predicted molar refractivity (Wildman–Crippen MR) is 150 cm³/mol. The van der Waals surface area contributed by atoms with Gasteiger partial charge in [-0.15, -0.1) is 18.3 Å². The molecule has 8 heteroatoms. The number of rotatable bonds is 10. The molecule has 3 aliphatic heterocycles. The molecule has 0 aromatic heterocycles. The lowest BCUT2D eigenvalue weighted by Gasteiger charge is -2.40. The fourth-order valence-corrected chi connectivity index (χ4v) is 9.13. The van der Waals surface area contributed by atoms with E-state index in [1.807, 2.05) is 42.5 Å². The van der Waals surface area contributed by atoms with E-state index in [4.69, 9.17) is 4.74 Å². The molecule has 2 aromatic rings. The van der Waals surface area contributed by atoms with Gasteiger partial charge in [-0.1, -0.05) is 56.0 Å². The van der Waals surface area contributed by atoms with E-state index < -0.39 is 28.6 Å². The number of fused-ring (bicyclic) bond motifs is 2. The van der Waals surface area contributed by atoms with Gasteiger partial charge in [0, 0.05) is 30.6 Å². The second-order valence-electron chi connectivity index (χ2n) is 10.3. The van der Waals surface area contributed by atoms with Crippen LogP contribution in [0.3, 0.4) is 0 Å². The van der Waals surface area contributed by atoms with Crippen molar-refractivity contribution >= 4 is 46.0 Å². The molecule has 1 N–H and O–H groups in total. The summed E-state index contributed by atoms with van der Waals surface area (Å²) in [6, 6.07) is 13.1. The summed E-state index contributed by atoms with van der Waals surface area (Å²) in [5.74, 6) is -1.99. The van der Waals surface area contributed by atoms with Crippen LogP contribution in [-0.2, 0) is 19.1 Å². The molecule has 0 radical (unpaired) electrons. The fourth-order valence-electron chi connectivity index (χ4n) is 6.73. The van der Waals surface area contributed by atoms with Crippen molar-refractivity contribution in [3.63, 3.8) is 0 Å². The molecule has 2 bridgehead atoms. The van der Waals surface area contributed by atoms with Gasteiger partial charge in [0.15, 0.2) is 0 Å². The standard InChI is InChI=1S/C30H34N2O5S/c1-4-13-31(22-12-11-20-9-6-7-10-21(20)18-22)28(35)26-30-19(3)17-23(38-30)24(29(36)37-16-5-2)25(30)27(34)32(26)14-8-15-33/h4-7,9-12,18-19,23-26,33H,1-2,8,13-17H2,3H3/t19?,23-,24+,25+,26?,30?/m1/s1.